The van der Waals surface area contributed by atoms with E-state index in [2.05, 4.69) is 22.4 Å². The number of rotatable bonds is 4. The van der Waals surface area contributed by atoms with E-state index in [1.54, 1.807) is 29.5 Å². The van der Waals surface area contributed by atoms with Crippen LogP contribution in [0, 0.1) is 0 Å². The molecular formula is C21H19Cl2N3OS. The number of carbonyl (C=O) groups is 1. The summed E-state index contributed by atoms with van der Waals surface area (Å²) in [5.41, 5.74) is 2.68. The fraction of sp³-hybridized carbons (Fsp3) is 0.238. The van der Waals surface area contributed by atoms with E-state index < -0.39 is 0 Å². The summed E-state index contributed by atoms with van der Waals surface area (Å²) in [6.07, 6.45) is 0. The number of amides is 1. The Morgan fingerprint density at radius 3 is 2.54 bits per heavy atom. The largest absolute Gasteiger partial charge is 0.336 e. The molecule has 1 fully saturated rings. The Morgan fingerprint density at radius 1 is 1.04 bits per heavy atom. The second kappa shape index (κ2) is 8.62. The SMILES string of the molecule is O=C(c1cc(Cl)ccc1Cl)N1CCN(Cc2csc(-c3ccccc3)n2)CC1. The average Bonchev–Trinajstić information content (AvgIpc) is 3.19. The molecule has 0 aliphatic carbocycles. The zero-order valence-electron chi connectivity index (χ0n) is 15.1. The lowest BCUT2D eigenvalue weighted by Crippen LogP contribution is -2.48. The first-order chi connectivity index (χ1) is 13.6. The molecule has 1 aliphatic rings. The van der Waals surface area contributed by atoms with Crippen LogP contribution in [0.5, 0.6) is 0 Å². The van der Waals surface area contributed by atoms with E-state index in [1.165, 1.54) is 0 Å². The van der Waals surface area contributed by atoms with Crippen LogP contribution in [0.2, 0.25) is 10.0 Å². The molecule has 0 N–H and O–H groups in total. The lowest BCUT2D eigenvalue weighted by molar-refractivity contribution is 0.0627. The van der Waals surface area contributed by atoms with E-state index in [4.69, 9.17) is 28.2 Å². The minimum atomic E-state index is -0.0628. The molecule has 4 rings (SSSR count). The van der Waals surface area contributed by atoms with E-state index in [-0.39, 0.29) is 5.91 Å². The van der Waals surface area contributed by atoms with Crippen LogP contribution in [0.4, 0.5) is 0 Å². The van der Waals surface area contributed by atoms with Crippen LogP contribution in [0.25, 0.3) is 10.6 Å². The summed E-state index contributed by atoms with van der Waals surface area (Å²) in [6.45, 7) is 3.74. The summed E-state index contributed by atoms with van der Waals surface area (Å²) < 4.78 is 0. The van der Waals surface area contributed by atoms with Gasteiger partial charge in [-0.25, -0.2) is 4.98 Å². The van der Waals surface area contributed by atoms with Crippen molar-refractivity contribution in [2.45, 2.75) is 6.54 Å². The van der Waals surface area contributed by atoms with E-state index in [1.807, 2.05) is 23.1 Å². The lowest BCUT2D eigenvalue weighted by atomic mass is 10.1. The van der Waals surface area contributed by atoms with Gasteiger partial charge in [0.25, 0.3) is 5.91 Å². The Bertz CT molecular complexity index is 969. The fourth-order valence-corrected chi connectivity index (χ4v) is 4.45. The van der Waals surface area contributed by atoms with Gasteiger partial charge in [-0.05, 0) is 18.2 Å². The van der Waals surface area contributed by atoms with Crippen molar-refractivity contribution < 1.29 is 4.79 Å². The van der Waals surface area contributed by atoms with Gasteiger partial charge in [-0.1, -0.05) is 53.5 Å². The van der Waals surface area contributed by atoms with Crippen molar-refractivity contribution in [1.29, 1.82) is 0 Å². The molecule has 1 amide bonds. The molecule has 0 atom stereocenters. The second-order valence-electron chi connectivity index (χ2n) is 6.70. The molecule has 0 radical (unpaired) electrons. The number of carbonyl (C=O) groups excluding carboxylic acids is 1. The molecule has 1 aliphatic heterocycles. The van der Waals surface area contributed by atoms with E-state index in [0.29, 0.717) is 28.7 Å². The third kappa shape index (κ3) is 4.39. The first kappa shape index (κ1) is 19.4. The van der Waals surface area contributed by atoms with Crippen molar-refractivity contribution in [3.05, 3.63) is 75.2 Å². The summed E-state index contributed by atoms with van der Waals surface area (Å²) in [4.78, 5) is 21.7. The molecule has 28 heavy (non-hydrogen) atoms. The Hall–Kier alpha value is -1.92. The average molecular weight is 432 g/mol. The van der Waals surface area contributed by atoms with Gasteiger partial charge < -0.3 is 4.90 Å². The molecule has 1 aromatic heterocycles. The quantitative estimate of drug-likeness (QED) is 0.577. The highest BCUT2D eigenvalue weighted by atomic mass is 35.5. The van der Waals surface area contributed by atoms with Gasteiger partial charge in [0.15, 0.2) is 0 Å². The predicted molar refractivity (Wildman–Crippen MR) is 115 cm³/mol. The van der Waals surface area contributed by atoms with Gasteiger partial charge in [-0.3, -0.25) is 9.69 Å². The van der Waals surface area contributed by atoms with Gasteiger partial charge in [0, 0.05) is 48.7 Å². The van der Waals surface area contributed by atoms with Crippen molar-refractivity contribution in [3.8, 4) is 10.6 Å². The number of nitrogens with zero attached hydrogens (tertiary/aromatic N) is 3. The van der Waals surface area contributed by atoms with Crippen molar-refractivity contribution in [2.75, 3.05) is 26.2 Å². The molecule has 4 nitrogen and oxygen atoms in total. The third-order valence-corrected chi connectivity index (χ3v) is 6.28. The number of benzene rings is 2. The smallest absolute Gasteiger partial charge is 0.255 e. The molecule has 2 heterocycles. The van der Waals surface area contributed by atoms with Gasteiger partial charge in [-0.2, -0.15) is 0 Å². The predicted octanol–water partition coefficient (Wildman–Crippen LogP) is 5.07. The van der Waals surface area contributed by atoms with Crippen LogP contribution in [-0.2, 0) is 6.54 Å². The van der Waals surface area contributed by atoms with Crippen LogP contribution in [0.1, 0.15) is 16.1 Å². The first-order valence-electron chi connectivity index (χ1n) is 9.06. The molecule has 1 saturated heterocycles. The topological polar surface area (TPSA) is 36.4 Å². The molecule has 0 bridgehead atoms. The summed E-state index contributed by atoms with van der Waals surface area (Å²) in [5.74, 6) is -0.0628. The van der Waals surface area contributed by atoms with Crippen molar-refractivity contribution in [2.24, 2.45) is 0 Å². The molecular weight excluding hydrogens is 413 g/mol. The van der Waals surface area contributed by atoms with Crippen LogP contribution >= 0.6 is 34.5 Å². The highest BCUT2D eigenvalue weighted by Gasteiger charge is 2.24. The number of halogens is 2. The minimum absolute atomic E-state index is 0.0628. The normalized spacial score (nSPS) is 15.0. The Labute approximate surface area is 178 Å². The van der Waals surface area contributed by atoms with Gasteiger partial charge in [0.05, 0.1) is 16.3 Å². The number of aromatic nitrogens is 1. The number of piperazine rings is 1. The number of thiazole rings is 1. The number of hydrogen-bond acceptors (Lipinski definition) is 4. The molecule has 3 aromatic rings. The molecule has 0 saturated carbocycles. The Kier molecular flexibility index (Phi) is 5.97. The minimum Gasteiger partial charge on any atom is -0.336 e. The van der Waals surface area contributed by atoms with Gasteiger partial charge >= 0.3 is 0 Å². The Morgan fingerprint density at radius 2 is 1.79 bits per heavy atom. The van der Waals surface area contributed by atoms with Crippen molar-refractivity contribution >= 4 is 40.4 Å². The van der Waals surface area contributed by atoms with Crippen LogP contribution in [-0.4, -0.2) is 46.9 Å². The van der Waals surface area contributed by atoms with Crippen molar-refractivity contribution in [1.82, 2.24) is 14.8 Å². The maximum absolute atomic E-state index is 12.8. The molecule has 7 heteroatoms. The second-order valence-corrected chi connectivity index (χ2v) is 8.40. The molecule has 144 valence electrons. The van der Waals surface area contributed by atoms with Gasteiger partial charge in [-0.15, -0.1) is 11.3 Å². The molecule has 0 spiro atoms. The summed E-state index contributed by atoms with van der Waals surface area (Å²) in [7, 11) is 0. The van der Waals surface area contributed by atoms with E-state index >= 15 is 0 Å². The maximum Gasteiger partial charge on any atom is 0.255 e. The van der Waals surface area contributed by atoms with Crippen molar-refractivity contribution in [3.63, 3.8) is 0 Å². The highest BCUT2D eigenvalue weighted by molar-refractivity contribution is 7.13. The summed E-state index contributed by atoms with van der Waals surface area (Å²) in [5, 5.41) is 4.11. The lowest BCUT2D eigenvalue weighted by Gasteiger charge is -2.34. The molecule has 0 unspecified atom stereocenters. The fourth-order valence-electron chi connectivity index (χ4n) is 3.26. The standard InChI is InChI=1S/C21H19Cl2N3OS/c22-16-6-7-19(23)18(12-16)21(27)26-10-8-25(9-11-26)13-17-14-28-20(24-17)15-4-2-1-3-5-15/h1-7,12,14H,8-11,13H2. The zero-order chi connectivity index (χ0) is 19.5. The zero-order valence-corrected chi connectivity index (χ0v) is 17.5. The first-order valence-corrected chi connectivity index (χ1v) is 10.7. The van der Waals surface area contributed by atoms with Crippen LogP contribution in [0.3, 0.4) is 0 Å². The Balaban J connectivity index is 1.35. The monoisotopic (exact) mass is 431 g/mol. The van der Waals surface area contributed by atoms with Crippen LogP contribution < -0.4 is 0 Å². The van der Waals surface area contributed by atoms with E-state index in [9.17, 15) is 4.79 Å². The van der Waals surface area contributed by atoms with Gasteiger partial charge in [0.2, 0.25) is 0 Å². The molecule has 2 aromatic carbocycles. The third-order valence-electron chi connectivity index (χ3n) is 4.78. The van der Waals surface area contributed by atoms with Crippen LogP contribution in [0.15, 0.2) is 53.9 Å². The van der Waals surface area contributed by atoms with Gasteiger partial charge in [0.1, 0.15) is 5.01 Å². The number of hydrogen-bond donors (Lipinski definition) is 0. The summed E-state index contributed by atoms with van der Waals surface area (Å²) in [6, 6.07) is 15.2. The maximum atomic E-state index is 12.8. The summed E-state index contributed by atoms with van der Waals surface area (Å²) >= 11 is 13.9. The highest BCUT2D eigenvalue weighted by Crippen LogP contribution is 2.25. The van der Waals surface area contributed by atoms with E-state index in [0.717, 1.165) is 35.9 Å².